The van der Waals surface area contributed by atoms with Gasteiger partial charge in [0.25, 0.3) is 0 Å². The van der Waals surface area contributed by atoms with E-state index < -0.39 is 0 Å². The topological polar surface area (TPSA) is 81.5 Å². The first kappa shape index (κ1) is 38.9. The second-order valence-corrected chi connectivity index (χ2v) is 14.8. The number of nitrogens with zero attached hydrogens (tertiary/aromatic N) is 4. The van der Waals surface area contributed by atoms with E-state index in [1.54, 1.807) is 28.4 Å². The molecule has 0 amide bonds. The number of benzene rings is 4. The molecule has 0 radical (unpaired) electrons. The van der Waals surface area contributed by atoms with Gasteiger partial charge in [-0.2, -0.15) is 0 Å². The van der Waals surface area contributed by atoms with Crippen LogP contribution in [0.15, 0.2) is 84.9 Å². The van der Waals surface area contributed by atoms with Crippen LogP contribution in [0.1, 0.15) is 22.5 Å². The number of hydrogen-bond acceptors (Lipinski definition) is 8. The van der Waals surface area contributed by atoms with Crippen LogP contribution in [0, 0.1) is 13.8 Å². The third-order valence-electron chi connectivity index (χ3n) is 11.6. The molecule has 4 aromatic carbocycles. The predicted molar refractivity (Wildman–Crippen MR) is 230 cm³/mol. The Hall–Kier alpha value is -5.32. The molecule has 0 unspecified atom stereocenters. The lowest BCUT2D eigenvalue weighted by atomic mass is 10.1. The van der Waals surface area contributed by atoms with Gasteiger partial charge in [0.05, 0.1) is 28.4 Å². The Bertz CT molecular complexity index is 2010. The van der Waals surface area contributed by atoms with Crippen LogP contribution >= 0.6 is 0 Å². The zero-order valence-electron chi connectivity index (χ0n) is 34.0. The number of aromatic amines is 2. The predicted octanol–water partition coefficient (Wildman–Crippen LogP) is 7.72. The first-order valence-electron chi connectivity index (χ1n) is 19.9. The molecule has 6 aromatic rings. The van der Waals surface area contributed by atoms with Gasteiger partial charge < -0.3 is 38.7 Å². The summed E-state index contributed by atoms with van der Waals surface area (Å²) in [5, 5.41) is 2.47. The number of ether oxygens (including phenoxy) is 4. The Morgan fingerprint density at radius 3 is 1.14 bits per heavy atom. The Labute approximate surface area is 331 Å². The highest BCUT2D eigenvalue weighted by Crippen LogP contribution is 2.36. The summed E-state index contributed by atoms with van der Waals surface area (Å²) in [6, 6.07) is 29.7. The number of para-hydroxylation sites is 2. The van der Waals surface area contributed by atoms with E-state index in [4.69, 9.17) is 18.9 Å². The molecule has 2 aromatic heterocycles. The molecule has 0 spiro atoms. The molecule has 10 nitrogen and oxygen atoms in total. The van der Waals surface area contributed by atoms with Crippen LogP contribution < -0.4 is 28.7 Å². The van der Waals surface area contributed by atoms with Gasteiger partial charge in [-0.15, -0.1) is 0 Å². The average molecular weight is 759 g/mol. The molecule has 4 heterocycles. The molecular formula is C46H58N6O4. The first-order valence-corrected chi connectivity index (χ1v) is 19.9. The Morgan fingerprint density at radius 1 is 0.464 bits per heavy atom. The molecule has 2 aliphatic rings. The van der Waals surface area contributed by atoms with Gasteiger partial charge in [0.1, 0.15) is 0 Å². The molecule has 2 saturated heterocycles. The van der Waals surface area contributed by atoms with Crippen LogP contribution in [0.2, 0.25) is 0 Å². The summed E-state index contributed by atoms with van der Waals surface area (Å²) >= 11 is 0. The number of rotatable bonds is 12. The Balaban J connectivity index is 0.000000172. The van der Waals surface area contributed by atoms with Crippen molar-refractivity contribution < 1.29 is 18.9 Å². The molecule has 2 aliphatic heterocycles. The molecule has 0 saturated carbocycles. The summed E-state index contributed by atoms with van der Waals surface area (Å²) in [7, 11) is 6.73. The number of nitrogens with one attached hydrogen (secondary N) is 2. The fourth-order valence-corrected chi connectivity index (χ4v) is 8.34. The second kappa shape index (κ2) is 18.1. The van der Waals surface area contributed by atoms with Crippen LogP contribution in [-0.2, 0) is 12.8 Å². The lowest BCUT2D eigenvalue weighted by molar-refractivity contribution is 0.261. The van der Waals surface area contributed by atoms with Gasteiger partial charge in [0, 0.05) is 122 Å². The smallest absolute Gasteiger partial charge is 0.162 e. The maximum atomic E-state index is 5.50. The third-order valence-corrected chi connectivity index (χ3v) is 11.6. The zero-order chi connectivity index (χ0) is 39.0. The van der Waals surface area contributed by atoms with Crippen molar-refractivity contribution >= 4 is 33.2 Å². The second-order valence-electron chi connectivity index (χ2n) is 14.8. The maximum Gasteiger partial charge on any atom is 0.162 e. The van der Waals surface area contributed by atoms with Gasteiger partial charge in [-0.3, -0.25) is 9.80 Å². The highest BCUT2D eigenvalue weighted by atomic mass is 16.5. The molecule has 10 heteroatoms. The van der Waals surface area contributed by atoms with Crippen LogP contribution in [0.3, 0.4) is 0 Å². The van der Waals surface area contributed by atoms with Crippen molar-refractivity contribution in [3.05, 3.63) is 107 Å². The van der Waals surface area contributed by atoms with Crippen molar-refractivity contribution in [2.75, 3.05) is 104 Å². The molecule has 2 fully saturated rings. The number of aromatic nitrogens is 2. The van der Waals surface area contributed by atoms with Crippen LogP contribution in [-0.4, -0.2) is 114 Å². The first-order chi connectivity index (χ1) is 27.4. The highest BCUT2D eigenvalue weighted by Gasteiger charge is 2.21. The van der Waals surface area contributed by atoms with E-state index in [2.05, 4.69) is 116 Å². The standard InChI is InChI=1S/2C23H29N3O2/c2*1-17-19(20-15-22(27-2)23(28-3)16-21(20)24-17)9-10-25-11-13-26(14-12-25)18-7-5-4-6-8-18/h2*4-8,15-16,24H,9-14H2,1-3H3. The number of methoxy groups -OCH3 is 4. The van der Waals surface area contributed by atoms with Crippen LogP contribution in [0.4, 0.5) is 11.4 Å². The molecule has 56 heavy (non-hydrogen) atoms. The van der Waals surface area contributed by atoms with Crippen molar-refractivity contribution in [2.24, 2.45) is 0 Å². The normalized spacial score (nSPS) is 15.2. The summed E-state index contributed by atoms with van der Waals surface area (Å²) in [4.78, 5) is 17.1. The lowest BCUT2D eigenvalue weighted by Gasteiger charge is -2.36. The number of piperazine rings is 2. The largest absolute Gasteiger partial charge is 0.493 e. The summed E-state index contributed by atoms with van der Waals surface area (Å²) in [5.74, 6) is 3.10. The number of hydrogen-bond donors (Lipinski definition) is 2. The Morgan fingerprint density at radius 2 is 0.804 bits per heavy atom. The number of aryl methyl sites for hydroxylation is 2. The fraction of sp³-hybridized carbons (Fsp3) is 0.391. The summed E-state index contributed by atoms with van der Waals surface area (Å²) in [6.45, 7) is 15.2. The minimum Gasteiger partial charge on any atom is -0.493 e. The van der Waals surface area contributed by atoms with E-state index in [0.717, 1.165) is 112 Å². The molecule has 0 atom stereocenters. The third kappa shape index (κ3) is 8.72. The number of anilines is 2. The molecule has 296 valence electrons. The fourth-order valence-electron chi connectivity index (χ4n) is 8.34. The minimum absolute atomic E-state index is 0.764. The van der Waals surface area contributed by atoms with Crippen molar-refractivity contribution in [1.82, 2.24) is 19.8 Å². The number of fused-ring (bicyclic) bond motifs is 2. The number of H-pyrrole nitrogens is 2. The van der Waals surface area contributed by atoms with Crippen molar-refractivity contribution in [2.45, 2.75) is 26.7 Å². The quantitative estimate of drug-likeness (QED) is 0.131. The SMILES string of the molecule is COc1cc2[nH]c(C)c(CCN3CCN(c4ccccc4)CC3)c2cc1OC.COc1cc2[nH]c(C)c(CCN3CCN(c4ccccc4)CC3)c2cc1OC. The monoisotopic (exact) mass is 758 g/mol. The maximum absolute atomic E-state index is 5.50. The molecule has 8 rings (SSSR count). The van der Waals surface area contributed by atoms with Crippen molar-refractivity contribution in [3.8, 4) is 23.0 Å². The van der Waals surface area contributed by atoms with Gasteiger partial charge in [-0.25, -0.2) is 0 Å². The lowest BCUT2D eigenvalue weighted by Crippen LogP contribution is -2.47. The van der Waals surface area contributed by atoms with Crippen molar-refractivity contribution in [3.63, 3.8) is 0 Å². The minimum atomic E-state index is 0.764. The van der Waals surface area contributed by atoms with Crippen LogP contribution in [0.25, 0.3) is 21.8 Å². The summed E-state index contributed by atoms with van der Waals surface area (Å²) in [5.41, 5.74) is 10.1. The van der Waals surface area contributed by atoms with E-state index in [1.807, 2.05) is 12.1 Å². The highest BCUT2D eigenvalue weighted by molar-refractivity contribution is 5.89. The van der Waals surface area contributed by atoms with Gasteiger partial charge >= 0.3 is 0 Å². The Kier molecular flexibility index (Phi) is 12.6. The van der Waals surface area contributed by atoms with Gasteiger partial charge in [0.15, 0.2) is 23.0 Å². The van der Waals surface area contributed by atoms with E-state index in [0.29, 0.717) is 0 Å². The van der Waals surface area contributed by atoms with E-state index in [-0.39, 0.29) is 0 Å². The van der Waals surface area contributed by atoms with Gasteiger partial charge in [0.2, 0.25) is 0 Å². The van der Waals surface area contributed by atoms with Gasteiger partial charge in [-0.05, 0) is 74.2 Å². The van der Waals surface area contributed by atoms with E-state index >= 15 is 0 Å². The molecule has 2 N–H and O–H groups in total. The molecule has 0 bridgehead atoms. The summed E-state index contributed by atoms with van der Waals surface area (Å²) < 4.78 is 21.9. The molecular weight excluding hydrogens is 701 g/mol. The molecule has 0 aliphatic carbocycles. The summed E-state index contributed by atoms with van der Waals surface area (Å²) in [6.07, 6.45) is 2.07. The average Bonchev–Trinajstić information content (AvgIpc) is 3.74. The van der Waals surface area contributed by atoms with Crippen LogP contribution in [0.5, 0.6) is 23.0 Å². The van der Waals surface area contributed by atoms with Crippen molar-refractivity contribution in [1.29, 1.82) is 0 Å². The van der Waals surface area contributed by atoms with E-state index in [1.165, 1.54) is 44.7 Å². The van der Waals surface area contributed by atoms with Gasteiger partial charge in [-0.1, -0.05) is 36.4 Å². The van der Waals surface area contributed by atoms with E-state index in [9.17, 15) is 0 Å². The zero-order valence-corrected chi connectivity index (χ0v) is 34.0.